The van der Waals surface area contributed by atoms with Gasteiger partial charge in [0.2, 0.25) is 0 Å². The third kappa shape index (κ3) is 5.69. The summed E-state index contributed by atoms with van der Waals surface area (Å²) in [5.74, 6) is 0. The Morgan fingerprint density at radius 2 is 0.680 bits per heavy atom. The van der Waals surface area contributed by atoms with Gasteiger partial charge in [0.05, 0.1) is 0 Å². The van der Waals surface area contributed by atoms with Gasteiger partial charge in [-0.05, 0) is 85.3 Å². The molecule has 2 heterocycles. The van der Waals surface area contributed by atoms with Gasteiger partial charge in [0.25, 0.3) is 0 Å². The molecule has 0 bridgehead atoms. The number of hydrogen-bond donors (Lipinski definition) is 0. The molecule has 25 heavy (non-hydrogen) atoms. The Kier molecular flexibility index (Phi) is 9.79. The molecule has 4 rings (SSSR count). The molecule has 0 radical (unpaired) electrons. The van der Waals surface area contributed by atoms with Crippen LogP contribution in [0.4, 0.5) is 0 Å². The van der Waals surface area contributed by atoms with E-state index in [0.717, 1.165) is 22.6 Å². The molecule has 0 aromatic rings. The molecule has 4 atom stereocenters. The number of rotatable bonds is 2. The standard InChI is InChI=1S/2C11H21P.Fe/c2*1-9-7-8-10(2)12(9)11-5-3-4-6-11;/h2*9-11H,3-8H2,1-2H3;/t2*9-,10-;/m00./s1. The van der Waals surface area contributed by atoms with Crippen molar-refractivity contribution in [2.24, 2.45) is 0 Å². The Bertz CT molecular complexity index is 320. The van der Waals surface area contributed by atoms with Crippen LogP contribution in [0.5, 0.6) is 0 Å². The van der Waals surface area contributed by atoms with Gasteiger partial charge in [-0.3, -0.25) is 0 Å². The summed E-state index contributed by atoms with van der Waals surface area (Å²) in [6.07, 6.45) is 18.5. The maximum absolute atomic E-state index is 2.51. The van der Waals surface area contributed by atoms with Crippen LogP contribution in [0.15, 0.2) is 0 Å². The molecule has 0 spiro atoms. The van der Waals surface area contributed by atoms with E-state index in [9.17, 15) is 0 Å². The minimum absolute atomic E-state index is 0. The molecule has 0 aromatic heterocycles. The van der Waals surface area contributed by atoms with E-state index >= 15 is 0 Å². The molecule has 0 nitrogen and oxygen atoms in total. The molecule has 148 valence electrons. The number of hydrogen-bond acceptors (Lipinski definition) is 0. The van der Waals surface area contributed by atoms with E-state index in [-0.39, 0.29) is 17.1 Å². The third-order valence-corrected chi connectivity index (χ3v) is 15.4. The first-order valence-electron chi connectivity index (χ1n) is 11.1. The largest absolute Gasteiger partial charge is 0.0977 e. The summed E-state index contributed by atoms with van der Waals surface area (Å²) in [5.41, 5.74) is 6.73. The Morgan fingerprint density at radius 1 is 0.440 bits per heavy atom. The minimum atomic E-state index is 0. The fourth-order valence-electron chi connectivity index (χ4n) is 6.27. The normalized spacial score (nSPS) is 37.9. The Labute approximate surface area is 171 Å². The van der Waals surface area contributed by atoms with Crippen LogP contribution >= 0.6 is 15.8 Å². The second kappa shape index (κ2) is 10.8. The molecule has 4 aliphatic rings. The van der Waals surface area contributed by atoms with E-state index in [2.05, 4.69) is 27.7 Å². The van der Waals surface area contributed by atoms with Gasteiger partial charge in [-0.15, -0.1) is 0 Å². The molecule has 0 N–H and O–H groups in total. The van der Waals surface area contributed by atoms with Crippen molar-refractivity contribution in [1.29, 1.82) is 0 Å². The van der Waals surface area contributed by atoms with Crippen LogP contribution in [-0.2, 0) is 17.1 Å². The summed E-state index contributed by atoms with van der Waals surface area (Å²) in [4.78, 5) is 0. The zero-order valence-corrected chi connectivity index (χ0v) is 20.1. The molecular formula is C22H42FeP2. The first-order valence-corrected chi connectivity index (χ1v) is 14.2. The predicted octanol–water partition coefficient (Wildman–Crippen LogP) is 7.96. The maximum atomic E-state index is 2.51. The summed E-state index contributed by atoms with van der Waals surface area (Å²) in [6.45, 7) is 10.0. The van der Waals surface area contributed by atoms with Crippen molar-refractivity contribution < 1.29 is 17.1 Å². The molecule has 3 heteroatoms. The average molecular weight is 424 g/mol. The molecule has 2 saturated carbocycles. The van der Waals surface area contributed by atoms with E-state index in [1.54, 1.807) is 25.7 Å². The smallest absolute Gasteiger partial charge is 0 e. The first kappa shape index (κ1) is 22.7. The van der Waals surface area contributed by atoms with Gasteiger partial charge in [0, 0.05) is 17.1 Å². The fourth-order valence-corrected chi connectivity index (χ4v) is 14.6. The van der Waals surface area contributed by atoms with Crippen molar-refractivity contribution in [1.82, 2.24) is 0 Å². The van der Waals surface area contributed by atoms with Gasteiger partial charge in [0.1, 0.15) is 0 Å². The van der Waals surface area contributed by atoms with Gasteiger partial charge >= 0.3 is 0 Å². The van der Waals surface area contributed by atoms with E-state index in [1.165, 1.54) is 62.7 Å². The van der Waals surface area contributed by atoms with Crippen LogP contribution in [0, 0.1) is 0 Å². The van der Waals surface area contributed by atoms with E-state index in [0.29, 0.717) is 15.8 Å². The van der Waals surface area contributed by atoms with E-state index in [4.69, 9.17) is 0 Å². The second-order valence-corrected chi connectivity index (χ2v) is 16.1. The zero-order chi connectivity index (χ0) is 17.1. The van der Waals surface area contributed by atoms with Gasteiger partial charge in [-0.2, -0.15) is 0 Å². The van der Waals surface area contributed by atoms with Crippen LogP contribution in [0.1, 0.15) is 105 Å². The van der Waals surface area contributed by atoms with Gasteiger partial charge in [-0.25, -0.2) is 0 Å². The third-order valence-electron chi connectivity index (χ3n) is 7.53. The molecule has 2 aliphatic heterocycles. The summed E-state index contributed by atoms with van der Waals surface area (Å²) in [6, 6.07) is 0. The quantitative estimate of drug-likeness (QED) is 0.312. The molecule has 0 amide bonds. The van der Waals surface area contributed by atoms with E-state index in [1.807, 2.05) is 0 Å². The topological polar surface area (TPSA) is 0 Å². The molecule has 0 unspecified atom stereocenters. The van der Waals surface area contributed by atoms with Crippen molar-refractivity contribution in [3.05, 3.63) is 0 Å². The molecule has 2 saturated heterocycles. The average Bonchev–Trinajstić information content (AvgIpc) is 3.31. The van der Waals surface area contributed by atoms with Crippen LogP contribution in [-0.4, -0.2) is 34.0 Å². The Morgan fingerprint density at radius 3 is 0.920 bits per heavy atom. The Balaban J connectivity index is 0.000000173. The van der Waals surface area contributed by atoms with Crippen molar-refractivity contribution >= 4 is 15.8 Å². The zero-order valence-electron chi connectivity index (χ0n) is 17.2. The molecule has 0 aromatic carbocycles. The van der Waals surface area contributed by atoms with Crippen LogP contribution in [0.25, 0.3) is 0 Å². The van der Waals surface area contributed by atoms with Crippen LogP contribution in [0.2, 0.25) is 0 Å². The summed E-state index contributed by atoms with van der Waals surface area (Å²) in [7, 11) is 0.863. The SMILES string of the molecule is C[C@H]1CC[C@H](C)P1C1CCCC1.C[C@H]1CC[C@H](C)P1C1CCCC1.[Fe]. The second-order valence-electron chi connectivity index (χ2n) is 9.32. The summed E-state index contributed by atoms with van der Waals surface area (Å²) >= 11 is 0. The molecule has 2 aliphatic carbocycles. The van der Waals surface area contributed by atoms with E-state index < -0.39 is 0 Å². The van der Waals surface area contributed by atoms with Crippen molar-refractivity contribution in [2.75, 3.05) is 0 Å². The molecule has 4 fully saturated rings. The Hall–Kier alpha value is 1.38. The summed E-state index contributed by atoms with van der Waals surface area (Å²) in [5, 5.41) is 0. The maximum Gasteiger partial charge on any atom is 0 e. The van der Waals surface area contributed by atoms with Crippen molar-refractivity contribution in [2.45, 2.75) is 139 Å². The van der Waals surface area contributed by atoms with Crippen molar-refractivity contribution in [3.8, 4) is 0 Å². The summed E-state index contributed by atoms with van der Waals surface area (Å²) < 4.78 is 0. The van der Waals surface area contributed by atoms with Crippen LogP contribution in [0.3, 0.4) is 0 Å². The monoisotopic (exact) mass is 424 g/mol. The van der Waals surface area contributed by atoms with Crippen LogP contribution < -0.4 is 0 Å². The van der Waals surface area contributed by atoms with Gasteiger partial charge in [-0.1, -0.05) is 69.2 Å². The predicted molar refractivity (Wildman–Crippen MR) is 115 cm³/mol. The first-order chi connectivity index (χ1) is 11.6. The van der Waals surface area contributed by atoms with Gasteiger partial charge in [0.15, 0.2) is 0 Å². The minimum Gasteiger partial charge on any atom is -0.0977 e. The van der Waals surface area contributed by atoms with Crippen molar-refractivity contribution in [3.63, 3.8) is 0 Å². The fraction of sp³-hybridized carbons (Fsp3) is 1.00. The molecular weight excluding hydrogens is 382 g/mol. The van der Waals surface area contributed by atoms with Gasteiger partial charge < -0.3 is 0 Å².